The van der Waals surface area contributed by atoms with Crippen LogP contribution in [0.5, 0.6) is 5.75 Å². The summed E-state index contributed by atoms with van der Waals surface area (Å²) < 4.78 is 43.5. The first-order valence-corrected chi connectivity index (χ1v) is 8.33. The second-order valence-electron chi connectivity index (χ2n) is 8.37. The number of aliphatic hydroxyl groups excluding tert-OH is 1. The highest BCUT2D eigenvalue weighted by atomic mass is 19.4. The van der Waals surface area contributed by atoms with Crippen LogP contribution in [-0.4, -0.2) is 24.5 Å². The Morgan fingerprint density at radius 3 is 2.00 bits per heavy atom. The minimum Gasteiger partial charge on any atom is -0.483 e. The maximum Gasteiger partial charge on any atom is 0.422 e. The van der Waals surface area contributed by atoms with Gasteiger partial charge < -0.3 is 9.84 Å². The second-order valence-corrected chi connectivity index (χ2v) is 8.37. The topological polar surface area (TPSA) is 29.5 Å². The average molecular weight is 358 g/mol. The predicted octanol–water partition coefficient (Wildman–Crippen LogP) is 5.62. The zero-order chi connectivity index (χ0) is 19.6. The Morgan fingerprint density at radius 1 is 1.04 bits per heavy atom. The van der Waals surface area contributed by atoms with Crippen LogP contribution >= 0.6 is 0 Å². The molecule has 1 N–H and O–H groups in total. The number of hydrogen-bond acceptors (Lipinski definition) is 2. The Labute approximate surface area is 148 Å². The summed E-state index contributed by atoms with van der Waals surface area (Å²) in [5.41, 5.74) is 2.46. The van der Waals surface area contributed by atoms with E-state index in [0.29, 0.717) is 11.1 Å². The molecule has 0 fully saturated rings. The summed E-state index contributed by atoms with van der Waals surface area (Å²) in [7, 11) is 0. The van der Waals surface area contributed by atoms with Crippen molar-refractivity contribution in [3.05, 3.63) is 34.9 Å². The van der Waals surface area contributed by atoms with Crippen LogP contribution in [0.2, 0.25) is 0 Å². The van der Waals surface area contributed by atoms with E-state index in [9.17, 15) is 18.3 Å². The molecule has 0 aliphatic heterocycles. The fourth-order valence-electron chi connectivity index (χ4n) is 2.47. The Bertz CT molecular complexity index is 630. The molecule has 5 heteroatoms. The molecule has 0 aliphatic carbocycles. The Hall–Kier alpha value is -1.49. The smallest absolute Gasteiger partial charge is 0.422 e. The van der Waals surface area contributed by atoms with Gasteiger partial charge in [0.2, 0.25) is 0 Å². The number of halogens is 3. The fraction of sp³-hybridized carbons (Fsp3) is 0.600. The molecule has 0 atom stereocenters. The maximum atomic E-state index is 12.7. The number of aliphatic hydroxyl groups is 1. The van der Waals surface area contributed by atoms with Gasteiger partial charge in [0, 0.05) is 11.1 Å². The van der Waals surface area contributed by atoms with E-state index in [0.717, 1.165) is 11.1 Å². The fourth-order valence-corrected chi connectivity index (χ4v) is 2.47. The van der Waals surface area contributed by atoms with Gasteiger partial charge in [-0.3, -0.25) is 0 Å². The van der Waals surface area contributed by atoms with Crippen molar-refractivity contribution >= 4 is 5.57 Å². The SMILES string of the molecule is C/C(=C/CO)c1cc(C(C)(C)C)cc(C(C)(C)C)c1OCC(F)(F)F. The monoisotopic (exact) mass is 358 g/mol. The summed E-state index contributed by atoms with van der Waals surface area (Å²) in [6, 6.07) is 3.80. The predicted molar refractivity (Wildman–Crippen MR) is 96.1 cm³/mol. The van der Waals surface area contributed by atoms with Crippen molar-refractivity contribution in [3.8, 4) is 5.75 Å². The van der Waals surface area contributed by atoms with E-state index in [2.05, 4.69) is 20.8 Å². The first-order chi connectivity index (χ1) is 11.2. The lowest BCUT2D eigenvalue weighted by molar-refractivity contribution is -0.153. The molecular formula is C20H29F3O2. The molecule has 0 saturated carbocycles. The van der Waals surface area contributed by atoms with E-state index in [1.165, 1.54) is 0 Å². The molecule has 25 heavy (non-hydrogen) atoms. The van der Waals surface area contributed by atoms with Gasteiger partial charge in [-0.1, -0.05) is 53.7 Å². The van der Waals surface area contributed by atoms with Crippen molar-refractivity contribution < 1.29 is 23.0 Å². The Morgan fingerprint density at radius 2 is 1.60 bits per heavy atom. The van der Waals surface area contributed by atoms with Crippen molar-refractivity contribution in [3.63, 3.8) is 0 Å². The minimum absolute atomic E-state index is 0.170. The zero-order valence-corrected chi connectivity index (χ0v) is 16.1. The number of benzene rings is 1. The van der Waals surface area contributed by atoms with Crippen molar-refractivity contribution in [1.82, 2.24) is 0 Å². The number of rotatable bonds is 4. The molecule has 1 rings (SSSR count). The number of ether oxygens (including phenoxy) is 1. The van der Waals surface area contributed by atoms with Crippen LogP contribution in [0, 0.1) is 0 Å². The highest BCUT2D eigenvalue weighted by molar-refractivity contribution is 5.72. The van der Waals surface area contributed by atoms with Crippen molar-refractivity contribution in [2.75, 3.05) is 13.2 Å². The molecule has 142 valence electrons. The van der Waals surface area contributed by atoms with E-state index < -0.39 is 18.2 Å². The first kappa shape index (κ1) is 21.6. The highest BCUT2D eigenvalue weighted by Crippen LogP contribution is 2.41. The lowest BCUT2D eigenvalue weighted by Gasteiger charge is -2.30. The van der Waals surface area contributed by atoms with Gasteiger partial charge in [-0.2, -0.15) is 13.2 Å². The third-order valence-corrected chi connectivity index (χ3v) is 3.97. The lowest BCUT2D eigenvalue weighted by atomic mass is 9.78. The quantitative estimate of drug-likeness (QED) is 0.757. The standard InChI is InChI=1S/C20H29F3O2/c1-13(8-9-24)15-10-14(18(2,3)4)11-16(19(5,6)7)17(15)25-12-20(21,22)23/h8,10-11,24H,9,12H2,1-7H3/b13-8-. The molecule has 0 unspecified atom stereocenters. The third-order valence-electron chi connectivity index (χ3n) is 3.97. The van der Waals surface area contributed by atoms with Gasteiger partial charge >= 0.3 is 6.18 Å². The second kappa shape index (κ2) is 7.40. The number of allylic oxidation sites excluding steroid dienone is 1. The van der Waals surface area contributed by atoms with Crippen LogP contribution in [-0.2, 0) is 10.8 Å². The van der Waals surface area contributed by atoms with Crippen LogP contribution in [0.1, 0.15) is 65.2 Å². The minimum atomic E-state index is -4.41. The highest BCUT2D eigenvalue weighted by Gasteiger charge is 2.32. The summed E-state index contributed by atoms with van der Waals surface area (Å²) in [6.07, 6.45) is -2.83. The Kier molecular flexibility index (Phi) is 6.38. The number of alkyl halides is 3. The molecule has 0 spiro atoms. The maximum absolute atomic E-state index is 12.7. The van der Waals surface area contributed by atoms with Gasteiger partial charge in [-0.25, -0.2) is 0 Å². The molecule has 0 saturated heterocycles. The van der Waals surface area contributed by atoms with Crippen LogP contribution in [0.3, 0.4) is 0 Å². The molecule has 0 aliphatic rings. The van der Waals surface area contributed by atoms with Crippen molar-refractivity contribution in [1.29, 1.82) is 0 Å². The Balaban J connectivity index is 3.70. The van der Waals surface area contributed by atoms with Gasteiger partial charge in [-0.05, 0) is 35.0 Å². The summed E-state index contributed by atoms with van der Waals surface area (Å²) >= 11 is 0. The summed E-state index contributed by atoms with van der Waals surface area (Å²) in [5.74, 6) is 0.236. The summed E-state index contributed by atoms with van der Waals surface area (Å²) in [6.45, 7) is 12.3. The van der Waals surface area contributed by atoms with Gasteiger partial charge in [0.15, 0.2) is 6.61 Å². The van der Waals surface area contributed by atoms with Crippen LogP contribution < -0.4 is 4.74 Å². The molecule has 0 bridgehead atoms. The van der Waals surface area contributed by atoms with Crippen LogP contribution in [0.25, 0.3) is 5.57 Å². The average Bonchev–Trinajstić information content (AvgIpc) is 2.41. The normalized spacial score (nSPS) is 14.0. The lowest BCUT2D eigenvalue weighted by Crippen LogP contribution is -2.23. The zero-order valence-electron chi connectivity index (χ0n) is 16.1. The first-order valence-electron chi connectivity index (χ1n) is 8.33. The number of hydrogen-bond donors (Lipinski definition) is 1. The van der Waals surface area contributed by atoms with E-state index in [-0.39, 0.29) is 17.8 Å². The molecule has 2 nitrogen and oxygen atoms in total. The molecule has 0 amide bonds. The van der Waals surface area contributed by atoms with Gasteiger partial charge in [0.1, 0.15) is 5.75 Å². The summed E-state index contributed by atoms with van der Waals surface area (Å²) in [4.78, 5) is 0. The van der Waals surface area contributed by atoms with Gasteiger partial charge in [0.05, 0.1) is 6.61 Å². The van der Waals surface area contributed by atoms with Gasteiger partial charge in [0.25, 0.3) is 0 Å². The van der Waals surface area contributed by atoms with Crippen LogP contribution in [0.15, 0.2) is 18.2 Å². The molecular weight excluding hydrogens is 329 g/mol. The summed E-state index contributed by atoms with van der Waals surface area (Å²) in [5, 5.41) is 9.21. The molecule has 1 aromatic rings. The van der Waals surface area contributed by atoms with Crippen molar-refractivity contribution in [2.45, 2.75) is 65.5 Å². The van der Waals surface area contributed by atoms with E-state index in [4.69, 9.17) is 4.74 Å². The van der Waals surface area contributed by atoms with E-state index >= 15 is 0 Å². The van der Waals surface area contributed by atoms with Crippen LogP contribution in [0.4, 0.5) is 13.2 Å². The van der Waals surface area contributed by atoms with Gasteiger partial charge in [-0.15, -0.1) is 0 Å². The van der Waals surface area contributed by atoms with E-state index in [1.807, 2.05) is 32.9 Å². The largest absolute Gasteiger partial charge is 0.483 e. The molecule has 0 aromatic heterocycles. The van der Waals surface area contributed by atoms with Crippen molar-refractivity contribution in [2.24, 2.45) is 0 Å². The third kappa shape index (κ3) is 6.07. The molecule has 1 aromatic carbocycles. The van der Waals surface area contributed by atoms with E-state index in [1.54, 1.807) is 13.0 Å². The molecule has 0 radical (unpaired) electrons. The molecule has 0 heterocycles.